The summed E-state index contributed by atoms with van der Waals surface area (Å²) in [6, 6.07) is 7.68. The second-order valence-electron chi connectivity index (χ2n) is 5.45. The SMILES string of the molecule is CC1(C)Cc2cccc(Oc3nnccc3CN)c2O1. The van der Waals surface area contributed by atoms with E-state index in [1.54, 1.807) is 12.3 Å². The Bertz CT molecular complexity index is 641. The van der Waals surface area contributed by atoms with Gasteiger partial charge in [0.2, 0.25) is 5.88 Å². The van der Waals surface area contributed by atoms with Crippen molar-refractivity contribution in [3.63, 3.8) is 0 Å². The predicted molar refractivity (Wildman–Crippen MR) is 74.9 cm³/mol. The van der Waals surface area contributed by atoms with Crippen LogP contribution < -0.4 is 15.2 Å². The zero-order valence-corrected chi connectivity index (χ0v) is 11.6. The molecule has 1 aliphatic rings. The van der Waals surface area contributed by atoms with E-state index in [9.17, 15) is 0 Å². The third-order valence-electron chi connectivity index (χ3n) is 3.25. The zero-order valence-electron chi connectivity index (χ0n) is 11.6. The minimum absolute atomic E-state index is 0.207. The van der Waals surface area contributed by atoms with Crippen molar-refractivity contribution in [2.45, 2.75) is 32.4 Å². The molecule has 5 nitrogen and oxygen atoms in total. The van der Waals surface area contributed by atoms with Crippen LogP contribution in [0.3, 0.4) is 0 Å². The molecule has 1 aromatic carbocycles. The predicted octanol–water partition coefficient (Wildman–Crippen LogP) is 2.44. The van der Waals surface area contributed by atoms with Gasteiger partial charge in [0.15, 0.2) is 11.5 Å². The lowest BCUT2D eigenvalue weighted by molar-refractivity contribution is 0.134. The molecule has 2 aromatic rings. The summed E-state index contributed by atoms with van der Waals surface area (Å²) in [5.41, 5.74) is 7.43. The number of aromatic nitrogens is 2. The van der Waals surface area contributed by atoms with Crippen LogP contribution in [0, 0.1) is 0 Å². The first-order chi connectivity index (χ1) is 9.59. The lowest BCUT2D eigenvalue weighted by Gasteiger charge is -2.18. The van der Waals surface area contributed by atoms with Crippen LogP contribution >= 0.6 is 0 Å². The number of rotatable bonds is 3. The molecule has 0 unspecified atom stereocenters. The molecular formula is C15H17N3O2. The van der Waals surface area contributed by atoms with Crippen molar-refractivity contribution < 1.29 is 9.47 Å². The highest BCUT2D eigenvalue weighted by molar-refractivity contribution is 5.51. The van der Waals surface area contributed by atoms with Crippen molar-refractivity contribution in [3.8, 4) is 17.4 Å². The summed E-state index contributed by atoms with van der Waals surface area (Å²) >= 11 is 0. The molecule has 0 atom stereocenters. The van der Waals surface area contributed by atoms with E-state index in [4.69, 9.17) is 15.2 Å². The molecular weight excluding hydrogens is 254 g/mol. The highest BCUT2D eigenvalue weighted by Gasteiger charge is 2.32. The van der Waals surface area contributed by atoms with E-state index >= 15 is 0 Å². The van der Waals surface area contributed by atoms with Gasteiger partial charge in [-0.2, -0.15) is 5.10 Å². The lowest BCUT2D eigenvalue weighted by Crippen LogP contribution is -2.24. The Balaban J connectivity index is 1.96. The van der Waals surface area contributed by atoms with Gasteiger partial charge in [-0.1, -0.05) is 12.1 Å². The third-order valence-corrected chi connectivity index (χ3v) is 3.25. The lowest BCUT2D eigenvalue weighted by atomic mass is 10.0. The highest BCUT2D eigenvalue weighted by Crippen LogP contribution is 2.43. The zero-order chi connectivity index (χ0) is 14.2. The van der Waals surface area contributed by atoms with Gasteiger partial charge in [-0.05, 0) is 26.0 Å². The number of para-hydroxylation sites is 1. The van der Waals surface area contributed by atoms with Crippen molar-refractivity contribution in [1.82, 2.24) is 10.2 Å². The van der Waals surface area contributed by atoms with Gasteiger partial charge in [-0.15, -0.1) is 5.10 Å². The molecule has 0 saturated heterocycles. The van der Waals surface area contributed by atoms with Crippen molar-refractivity contribution in [3.05, 3.63) is 41.6 Å². The molecule has 0 bridgehead atoms. The van der Waals surface area contributed by atoms with Crippen LogP contribution in [0.2, 0.25) is 0 Å². The largest absolute Gasteiger partial charge is 0.483 e. The molecule has 2 heterocycles. The number of fused-ring (bicyclic) bond motifs is 1. The maximum Gasteiger partial charge on any atom is 0.243 e. The third kappa shape index (κ3) is 2.32. The first-order valence-electron chi connectivity index (χ1n) is 6.58. The average Bonchev–Trinajstić information content (AvgIpc) is 2.74. The van der Waals surface area contributed by atoms with E-state index in [1.807, 2.05) is 12.1 Å². The fourth-order valence-electron chi connectivity index (χ4n) is 2.36. The van der Waals surface area contributed by atoms with E-state index in [2.05, 4.69) is 30.1 Å². The molecule has 0 radical (unpaired) electrons. The van der Waals surface area contributed by atoms with E-state index in [0.29, 0.717) is 18.2 Å². The van der Waals surface area contributed by atoms with Crippen molar-refractivity contribution >= 4 is 0 Å². The Morgan fingerprint density at radius 2 is 2.20 bits per heavy atom. The van der Waals surface area contributed by atoms with E-state index in [1.165, 1.54) is 0 Å². The standard InChI is InChI=1S/C15H17N3O2/c1-15(2)8-10-4-3-5-12(13(10)20-15)19-14-11(9-16)6-7-17-18-14/h3-7H,8-9,16H2,1-2H3. The van der Waals surface area contributed by atoms with E-state index in [-0.39, 0.29) is 5.60 Å². The van der Waals surface area contributed by atoms with Crippen molar-refractivity contribution in [2.24, 2.45) is 5.73 Å². The maximum absolute atomic E-state index is 5.97. The number of hydrogen-bond donors (Lipinski definition) is 1. The van der Waals surface area contributed by atoms with Gasteiger partial charge in [0.1, 0.15) is 5.60 Å². The summed E-state index contributed by atoms with van der Waals surface area (Å²) < 4.78 is 11.8. The first-order valence-corrected chi connectivity index (χ1v) is 6.58. The van der Waals surface area contributed by atoms with Gasteiger partial charge in [0.25, 0.3) is 0 Å². The van der Waals surface area contributed by atoms with Crippen LogP contribution in [0.1, 0.15) is 25.0 Å². The maximum atomic E-state index is 5.97. The van der Waals surface area contributed by atoms with Crippen LogP contribution in [-0.4, -0.2) is 15.8 Å². The van der Waals surface area contributed by atoms with Crippen molar-refractivity contribution in [2.75, 3.05) is 0 Å². The Labute approximate surface area is 117 Å². The summed E-state index contributed by atoms with van der Waals surface area (Å²) in [6.07, 6.45) is 2.47. The van der Waals surface area contributed by atoms with Crippen LogP contribution in [0.4, 0.5) is 0 Å². The number of nitrogens with two attached hydrogens (primary N) is 1. The minimum atomic E-state index is -0.207. The monoisotopic (exact) mass is 271 g/mol. The normalized spacial score (nSPS) is 15.6. The van der Waals surface area contributed by atoms with Gasteiger partial charge in [-0.3, -0.25) is 0 Å². The van der Waals surface area contributed by atoms with E-state index in [0.717, 1.165) is 23.3 Å². The Morgan fingerprint density at radius 1 is 1.35 bits per heavy atom. The smallest absolute Gasteiger partial charge is 0.243 e. The molecule has 3 rings (SSSR count). The van der Waals surface area contributed by atoms with Crippen molar-refractivity contribution in [1.29, 1.82) is 0 Å². The van der Waals surface area contributed by atoms with Gasteiger partial charge in [0.05, 0.1) is 6.20 Å². The molecule has 20 heavy (non-hydrogen) atoms. The quantitative estimate of drug-likeness (QED) is 0.928. The number of nitrogens with zero attached hydrogens (tertiary/aromatic N) is 2. The summed E-state index contributed by atoms with van der Waals surface area (Å²) in [6.45, 7) is 4.47. The van der Waals surface area contributed by atoms with E-state index < -0.39 is 0 Å². The van der Waals surface area contributed by atoms with Gasteiger partial charge >= 0.3 is 0 Å². The topological polar surface area (TPSA) is 70.3 Å². The number of benzene rings is 1. The average molecular weight is 271 g/mol. The number of hydrogen-bond acceptors (Lipinski definition) is 5. The first kappa shape index (κ1) is 12.9. The highest BCUT2D eigenvalue weighted by atomic mass is 16.5. The molecule has 5 heteroatoms. The van der Waals surface area contributed by atoms with Gasteiger partial charge in [0, 0.05) is 24.1 Å². The Hall–Kier alpha value is -2.14. The van der Waals surface area contributed by atoms with Crippen LogP contribution in [-0.2, 0) is 13.0 Å². The summed E-state index contributed by atoms with van der Waals surface area (Å²) in [4.78, 5) is 0. The molecule has 0 spiro atoms. The number of ether oxygens (including phenoxy) is 2. The Kier molecular flexibility index (Phi) is 3.06. The molecule has 0 fully saturated rings. The summed E-state index contributed by atoms with van der Waals surface area (Å²) in [5.74, 6) is 1.87. The van der Waals surface area contributed by atoms with Crippen LogP contribution in [0.15, 0.2) is 30.5 Å². The minimum Gasteiger partial charge on any atom is -0.483 e. The fraction of sp³-hybridized carbons (Fsp3) is 0.333. The summed E-state index contributed by atoms with van der Waals surface area (Å²) in [7, 11) is 0. The molecule has 1 aliphatic heterocycles. The molecule has 0 aliphatic carbocycles. The molecule has 1 aromatic heterocycles. The van der Waals surface area contributed by atoms with Crippen LogP contribution in [0.5, 0.6) is 17.4 Å². The molecule has 0 amide bonds. The van der Waals surface area contributed by atoms with Gasteiger partial charge in [-0.25, -0.2) is 0 Å². The molecule has 0 saturated carbocycles. The molecule has 104 valence electrons. The molecule has 2 N–H and O–H groups in total. The summed E-state index contributed by atoms with van der Waals surface area (Å²) in [5, 5.41) is 7.84. The van der Waals surface area contributed by atoms with Crippen LogP contribution in [0.25, 0.3) is 0 Å². The van der Waals surface area contributed by atoms with Gasteiger partial charge < -0.3 is 15.2 Å². The second-order valence-corrected chi connectivity index (χ2v) is 5.45. The fourth-order valence-corrected chi connectivity index (χ4v) is 2.36. The Morgan fingerprint density at radius 3 is 3.00 bits per heavy atom. The second kappa shape index (κ2) is 4.76.